The summed E-state index contributed by atoms with van der Waals surface area (Å²) in [5, 5.41) is 11.4. The average Bonchev–Trinajstić information content (AvgIpc) is 3.43. The molecule has 3 aromatic rings. The highest BCUT2D eigenvalue weighted by atomic mass is 16.3. The first-order chi connectivity index (χ1) is 13.2. The highest BCUT2D eigenvalue weighted by molar-refractivity contribution is 5.59. The van der Waals surface area contributed by atoms with Gasteiger partial charge < -0.3 is 9.51 Å². The summed E-state index contributed by atoms with van der Waals surface area (Å²) in [6.07, 6.45) is 12.5. The van der Waals surface area contributed by atoms with E-state index in [1.165, 1.54) is 42.4 Å². The highest BCUT2D eigenvalue weighted by Gasteiger charge is 2.34. The highest BCUT2D eigenvalue weighted by Crippen LogP contribution is 2.47. The molecule has 0 radical (unpaired) electrons. The molecule has 140 valence electrons. The van der Waals surface area contributed by atoms with Gasteiger partial charge in [-0.1, -0.05) is 29.8 Å². The minimum atomic E-state index is -0.376. The number of nitrogens with zero attached hydrogens (tertiary/aromatic N) is 2. The van der Waals surface area contributed by atoms with E-state index < -0.39 is 0 Å². The van der Waals surface area contributed by atoms with E-state index >= 15 is 0 Å². The fourth-order valence-electron chi connectivity index (χ4n) is 5.03. The summed E-state index contributed by atoms with van der Waals surface area (Å²) in [5.74, 6) is 1.63. The van der Waals surface area contributed by atoms with Crippen molar-refractivity contribution in [3.8, 4) is 0 Å². The number of fused-ring (bicyclic) bond motifs is 1. The number of aryl methyl sites for hydroxylation is 1. The Hall–Kier alpha value is -2.13. The Balaban J connectivity index is 1.38. The Labute approximate surface area is 161 Å². The van der Waals surface area contributed by atoms with E-state index in [2.05, 4.69) is 52.8 Å². The molecule has 0 spiro atoms. The minimum Gasteiger partial charge on any atom is -0.388 e. The zero-order valence-corrected chi connectivity index (χ0v) is 16.0. The van der Waals surface area contributed by atoms with Gasteiger partial charge in [-0.05, 0) is 80.4 Å². The molecule has 2 aromatic heterocycles. The first-order valence-corrected chi connectivity index (χ1v) is 10.4. The number of rotatable bonds is 4. The van der Waals surface area contributed by atoms with Crippen LogP contribution in [0.15, 0.2) is 49.1 Å². The van der Waals surface area contributed by atoms with Crippen molar-refractivity contribution in [1.82, 2.24) is 9.38 Å². The quantitative estimate of drug-likeness (QED) is 0.664. The molecule has 1 N–H and O–H groups in total. The van der Waals surface area contributed by atoms with Crippen LogP contribution >= 0.6 is 0 Å². The molecule has 2 heterocycles. The topological polar surface area (TPSA) is 37.5 Å². The van der Waals surface area contributed by atoms with E-state index in [4.69, 9.17) is 0 Å². The molecular formula is C24H28N2O. The van der Waals surface area contributed by atoms with Gasteiger partial charge in [0.05, 0.1) is 24.1 Å². The number of aromatic nitrogens is 2. The third-order valence-corrected chi connectivity index (χ3v) is 6.71. The maximum absolute atomic E-state index is 11.4. The largest absolute Gasteiger partial charge is 0.388 e. The molecule has 27 heavy (non-hydrogen) atoms. The molecule has 1 aromatic carbocycles. The van der Waals surface area contributed by atoms with Crippen molar-refractivity contribution >= 4 is 5.52 Å². The predicted octanol–water partition coefficient (Wildman–Crippen LogP) is 5.53. The number of hydrogen-bond acceptors (Lipinski definition) is 2. The van der Waals surface area contributed by atoms with E-state index in [1.54, 1.807) is 0 Å². The molecule has 0 saturated heterocycles. The van der Waals surface area contributed by atoms with Gasteiger partial charge in [-0.15, -0.1) is 0 Å². The van der Waals surface area contributed by atoms with Gasteiger partial charge in [0, 0.05) is 11.8 Å². The van der Waals surface area contributed by atoms with Gasteiger partial charge in [0.2, 0.25) is 0 Å². The van der Waals surface area contributed by atoms with Crippen LogP contribution in [0.25, 0.3) is 5.52 Å². The fourth-order valence-corrected chi connectivity index (χ4v) is 5.03. The molecule has 3 nitrogen and oxygen atoms in total. The summed E-state index contributed by atoms with van der Waals surface area (Å²) >= 11 is 0. The summed E-state index contributed by atoms with van der Waals surface area (Å²) in [6.45, 7) is 2.17. The van der Waals surface area contributed by atoms with Crippen molar-refractivity contribution in [3.05, 3.63) is 71.3 Å². The van der Waals surface area contributed by atoms with Crippen LogP contribution in [0.5, 0.6) is 0 Å². The Morgan fingerprint density at radius 2 is 1.81 bits per heavy atom. The molecule has 0 amide bonds. The summed E-state index contributed by atoms with van der Waals surface area (Å²) < 4.78 is 2.06. The number of imidazole rings is 1. The molecule has 2 fully saturated rings. The Kier molecular flexibility index (Phi) is 4.28. The number of aliphatic hydroxyl groups excluding tert-OH is 1. The second kappa shape index (κ2) is 6.79. The third-order valence-electron chi connectivity index (χ3n) is 6.71. The second-order valence-electron chi connectivity index (χ2n) is 8.62. The van der Waals surface area contributed by atoms with Gasteiger partial charge in [-0.25, -0.2) is 4.98 Å². The van der Waals surface area contributed by atoms with Crippen LogP contribution in [-0.2, 0) is 0 Å². The van der Waals surface area contributed by atoms with Crippen molar-refractivity contribution in [1.29, 1.82) is 0 Å². The predicted molar refractivity (Wildman–Crippen MR) is 108 cm³/mol. The standard InChI is InChI=1S/C24H28N2O/c1-16-3-2-4-20(13-16)17-5-9-19(10-6-17)24(27)23-21(18-7-8-18)11-12-26-15-25-14-22(23)26/h2-4,11-15,17-19,24,27H,5-10H2,1H3. The molecular weight excluding hydrogens is 332 g/mol. The van der Waals surface area contributed by atoms with Crippen LogP contribution in [0.3, 0.4) is 0 Å². The monoisotopic (exact) mass is 360 g/mol. The van der Waals surface area contributed by atoms with Crippen molar-refractivity contribution in [2.24, 2.45) is 5.92 Å². The first kappa shape index (κ1) is 17.0. The Bertz CT molecular complexity index is 948. The molecule has 1 atom stereocenters. The molecule has 5 rings (SSSR count). The number of benzene rings is 1. The lowest BCUT2D eigenvalue weighted by Gasteiger charge is -2.33. The third kappa shape index (κ3) is 3.19. The average molecular weight is 361 g/mol. The lowest BCUT2D eigenvalue weighted by Crippen LogP contribution is -2.21. The molecule has 0 aliphatic heterocycles. The van der Waals surface area contributed by atoms with E-state index in [0.29, 0.717) is 17.8 Å². The van der Waals surface area contributed by atoms with Crippen LogP contribution in [0, 0.1) is 12.8 Å². The molecule has 3 heteroatoms. The van der Waals surface area contributed by atoms with Crippen LogP contribution in [0.1, 0.15) is 78.7 Å². The smallest absolute Gasteiger partial charge is 0.0992 e. The number of pyridine rings is 1. The normalized spacial score (nSPS) is 24.2. The van der Waals surface area contributed by atoms with Crippen molar-refractivity contribution in [2.75, 3.05) is 0 Å². The van der Waals surface area contributed by atoms with Gasteiger partial charge in [-0.2, -0.15) is 0 Å². The van der Waals surface area contributed by atoms with E-state index in [0.717, 1.165) is 23.9 Å². The maximum atomic E-state index is 11.4. The summed E-state index contributed by atoms with van der Waals surface area (Å²) in [4.78, 5) is 4.32. The van der Waals surface area contributed by atoms with Gasteiger partial charge in [0.15, 0.2) is 0 Å². The molecule has 2 aliphatic carbocycles. The Morgan fingerprint density at radius 1 is 1.04 bits per heavy atom. The first-order valence-electron chi connectivity index (χ1n) is 10.4. The minimum absolute atomic E-state index is 0.352. The van der Waals surface area contributed by atoms with E-state index in [-0.39, 0.29) is 6.10 Å². The van der Waals surface area contributed by atoms with Crippen molar-refractivity contribution in [3.63, 3.8) is 0 Å². The fraction of sp³-hybridized carbons (Fsp3) is 0.458. The molecule has 0 bridgehead atoms. The number of hydrogen-bond donors (Lipinski definition) is 1. The van der Waals surface area contributed by atoms with Crippen LogP contribution in [0.2, 0.25) is 0 Å². The second-order valence-corrected chi connectivity index (χ2v) is 8.62. The van der Waals surface area contributed by atoms with E-state index in [1.807, 2.05) is 12.5 Å². The lowest BCUT2D eigenvalue weighted by atomic mass is 9.74. The molecule has 2 aliphatic rings. The SMILES string of the molecule is Cc1cccc(C2CCC(C(O)c3c(C4CC4)ccn4cncc34)CC2)c1. The van der Waals surface area contributed by atoms with Crippen LogP contribution in [0.4, 0.5) is 0 Å². The molecule has 2 saturated carbocycles. The van der Waals surface area contributed by atoms with Gasteiger partial charge in [-0.3, -0.25) is 0 Å². The Morgan fingerprint density at radius 3 is 2.56 bits per heavy atom. The summed E-state index contributed by atoms with van der Waals surface area (Å²) in [5.41, 5.74) is 6.41. The zero-order valence-electron chi connectivity index (χ0n) is 16.0. The summed E-state index contributed by atoms with van der Waals surface area (Å²) in [6, 6.07) is 11.2. The van der Waals surface area contributed by atoms with Crippen molar-refractivity contribution in [2.45, 2.75) is 63.4 Å². The lowest BCUT2D eigenvalue weighted by molar-refractivity contribution is 0.0810. The van der Waals surface area contributed by atoms with Gasteiger partial charge in [0.1, 0.15) is 0 Å². The van der Waals surface area contributed by atoms with Crippen molar-refractivity contribution < 1.29 is 5.11 Å². The van der Waals surface area contributed by atoms with Crippen LogP contribution in [-0.4, -0.2) is 14.5 Å². The van der Waals surface area contributed by atoms with Crippen LogP contribution < -0.4 is 0 Å². The van der Waals surface area contributed by atoms with Gasteiger partial charge in [0.25, 0.3) is 0 Å². The zero-order chi connectivity index (χ0) is 18.4. The summed E-state index contributed by atoms with van der Waals surface area (Å²) in [7, 11) is 0. The van der Waals surface area contributed by atoms with E-state index in [9.17, 15) is 5.11 Å². The number of aliphatic hydroxyl groups is 1. The maximum Gasteiger partial charge on any atom is 0.0992 e. The molecule has 1 unspecified atom stereocenters. The van der Waals surface area contributed by atoms with Gasteiger partial charge >= 0.3 is 0 Å².